The summed E-state index contributed by atoms with van der Waals surface area (Å²) in [6, 6.07) is -0.700. The van der Waals surface area contributed by atoms with Gasteiger partial charge >= 0.3 is 5.97 Å². The third-order valence-corrected chi connectivity index (χ3v) is 12.2. The molecule has 0 rings (SSSR count). The molecule has 0 heterocycles. The lowest BCUT2D eigenvalue weighted by atomic mass is 10.0. The second kappa shape index (κ2) is 49.1. The molecule has 6 heteroatoms. The lowest BCUT2D eigenvalue weighted by Gasteiger charge is -2.24. The summed E-state index contributed by atoms with van der Waals surface area (Å²) in [6.07, 6.45) is 57.8. The Labute approximate surface area is 379 Å². The van der Waals surface area contributed by atoms with Gasteiger partial charge in [-0.15, -0.1) is 0 Å². The van der Waals surface area contributed by atoms with E-state index in [4.69, 9.17) is 4.74 Å². The van der Waals surface area contributed by atoms with Crippen LogP contribution in [-0.2, 0) is 14.3 Å². The molecule has 0 aliphatic rings. The van der Waals surface area contributed by atoms with Gasteiger partial charge in [0.25, 0.3) is 0 Å². The van der Waals surface area contributed by atoms with Crippen LogP contribution in [0.15, 0.2) is 36.5 Å². The van der Waals surface area contributed by atoms with Crippen molar-refractivity contribution in [2.24, 2.45) is 0 Å². The maximum absolute atomic E-state index is 13.2. The Hall–Kier alpha value is -1.92. The fourth-order valence-electron chi connectivity index (χ4n) is 8.14. The zero-order valence-electron chi connectivity index (χ0n) is 40.8. The van der Waals surface area contributed by atoms with Crippen LogP contribution in [0.2, 0.25) is 0 Å². The number of esters is 1. The summed E-state index contributed by atoms with van der Waals surface area (Å²) in [6.45, 7) is 6.45. The van der Waals surface area contributed by atoms with Crippen molar-refractivity contribution in [1.29, 1.82) is 0 Å². The summed E-state index contributed by atoms with van der Waals surface area (Å²) in [5, 5.41) is 23.8. The minimum Gasteiger partial charge on any atom is -0.462 e. The minimum atomic E-state index is -0.786. The summed E-state index contributed by atoms with van der Waals surface area (Å²) in [5.41, 5.74) is 0. The lowest BCUT2D eigenvalue weighted by Crippen LogP contribution is -2.46. The van der Waals surface area contributed by atoms with E-state index in [0.717, 1.165) is 64.2 Å². The van der Waals surface area contributed by atoms with Crippen molar-refractivity contribution in [2.75, 3.05) is 6.61 Å². The van der Waals surface area contributed by atoms with Crippen LogP contribution in [0.1, 0.15) is 278 Å². The van der Waals surface area contributed by atoms with Crippen molar-refractivity contribution in [3.8, 4) is 0 Å². The Balaban J connectivity index is 4.39. The second-order valence-corrected chi connectivity index (χ2v) is 18.3. The quantitative estimate of drug-likeness (QED) is 0.0322. The molecule has 0 fully saturated rings. The zero-order valence-corrected chi connectivity index (χ0v) is 40.8. The van der Waals surface area contributed by atoms with Crippen molar-refractivity contribution in [2.45, 2.75) is 296 Å². The first-order valence-electron chi connectivity index (χ1n) is 26.7. The topological polar surface area (TPSA) is 95.9 Å². The highest BCUT2D eigenvalue weighted by Gasteiger charge is 2.24. The molecule has 61 heavy (non-hydrogen) atoms. The summed E-state index contributed by atoms with van der Waals surface area (Å²) in [7, 11) is 0. The molecule has 0 aromatic heterocycles. The monoisotopic (exact) mass is 858 g/mol. The van der Waals surface area contributed by atoms with Crippen LogP contribution < -0.4 is 5.32 Å². The fraction of sp³-hybridized carbons (Fsp3) is 0.855. The Morgan fingerprint density at radius 3 is 1.30 bits per heavy atom. The van der Waals surface area contributed by atoms with Crippen LogP contribution in [0, 0.1) is 0 Å². The maximum Gasteiger partial charge on any atom is 0.306 e. The minimum absolute atomic E-state index is 0.0751. The van der Waals surface area contributed by atoms with E-state index >= 15 is 0 Å². The highest BCUT2D eigenvalue weighted by molar-refractivity contribution is 5.77. The van der Waals surface area contributed by atoms with Crippen LogP contribution >= 0.6 is 0 Å². The van der Waals surface area contributed by atoms with Crippen LogP contribution in [0.5, 0.6) is 0 Å². The van der Waals surface area contributed by atoms with Gasteiger partial charge in [0, 0.05) is 6.42 Å². The van der Waals surface area contributed by atoms with Crippen LogP contribution in [0.4, 0.5) is 0 Å². The van der Waals surface area contributed by atoms with E-state index in [1.54, 1.807) is 0 Å². The molecule has 3 atom stereocenters. The van der Waals surface area contributed by atoms with E-state index in [1.165, 1.54) is 167 Å². The SMILES string of the molecule is CCCCC/C=C\C/C=C\C/C=C\CCCCCCCCC(=O)OC(CCCCCCCCCC)CC(=O)NC(CO)C(O)CCCCCCCCCCCCCCCCC. The first-order chi connectivity index (χ1) is 30.0. The number of hydrogen-bond acceptors (Lipinski definition) is 5. The van der Waals surface area contributed by atoms with E-state index in [9.17, 15) is 19.8 Å². The Morgan fingerprint density at radius 2 is 0.836 bits per heavy atom. The van der Waals surface area contributed by atoms with Gasteiger partial charge in [-0.05, 0) is 64.2 Å². The number of aliphatic hydroxyl groups is 2. The number of carbonyl (C=O) groups is 2. The third kappa shape index (κ3) is 44.5. The molecular weight excluding hydrogens is 755 g/mol. The highest BCUT2D eigenvalue weighted by atomic mass is 16.5. The first kappa shape index (κ1) is 59.1. The number of rotatable bonds is 48. The lowest BCUT2D eigenvalue weighted by molar-refractivity contribution is -0.151. The zero-order chi connectivity index (χ0) is 44.5. The fourth-order valence-corrected chi connectivity index (χ4v) is 8.14. The van der Waals surface area contributed by atoms with Gasteiger partial charge < -0.3 is 20.3 Å². The van der Waals surface area contributed by atoms with Crippen LogP contribution in [-0.4, -0.2) is 46.9 Å². The van der Waals surface area contributed by atoms with Crippen molar-refractivity contribution in [1.82, 2.24) is 5.32 Å². The molecule has 0 bridgehead atoms. The predicted molar refractivity (Wildman–Crippen MR) is 264 cm³/mol. The van der Waals surface area contributed by atoms with E-state index in [-0.39, 0.29) is 24.9 Å². The normalized spacial score (nSPS) is 13.5. The van der Waals surface area contributed by atoms with Gasteiger partial charge in [-0.2, -0.15) is 0 Å². The highest BCUT2D eigenvalue weighted by Crippen LogP contribution is 2.18. The molecule has 1 amide bonds. The van der Waals surface area contributed by atoms with Crippen molar-refractivity contribution in [3.05, 3.63) is 36.5 Å². The number of unbranched alkanes of at least 4 members (excludes halogenated alkanes) is 30. The molecule has 0 aliphatic carbocycles. The Morgan fingerprint density at radius 1 is 0.475 bits per heavy atom. The Bertz CT molecular complexity index is 1010. The number of ether oxygens (including phenoxy) is 1. The van der Waals surface area contributed by atoms with Crippen molar-refractivity contribution in [3.63, 3.8) is 0 Å². The van der Waals surface area contributed by atoms with E-state index < -0.39 is 18.2 Å². The molecule has 3 unspecified atom stereocenters. The number of allylic oxidation sites excluding steroid dienone is 6. The number of carbonyl (C=O) groups excluding carboxylic acids is 2. The molecule has 0 aromatic carbocycles. The summed E-state index contributed by atoms with van der Waals surface area (Å²) in [4.78, 5) is 26.1. The molecule has 0 saturated heterocycles. The molecule has 0 spiro atoms. The van der Waals surface area contributed by atoms with Gasteiger partial charge in [0.1, 0.15) is 6.10 Å². The van der Waals surface area contributed by atoms with Crippen molar-refractivity contribution < 1.29 is 24.5 Å². The van der Waals surface area contributed by atoms with E-state index in [2.05, 4.69) is 62.5 Å². The number of nitrogens with one attached hydrogen (secondary N) is 1. The van der Waals surface area contributed by atoms with E-state index in [0.29, 0.717) is 19.3 Å². The average molecular weight is 858 g/mol. The van der Waals surface area contributed by atoms with Crippen molar-refractivity contribution >= 4 is 11.9 Å². The molecule has 0 aromatic rings. The van der Waals surface area contributed by atoms with Crippen LogP contribution in [0.3, 0.4) is 0 Å². The molecule has 358 valence electrons. The summed E-state index contributed by atoms with van der Waals surface area (Å²) < 4.78 is 5.91. The largest absolute Gasteiger partial charge is 0.462 e. The van der Waals surface area contributed by atoms with Gasteiger partial charge in [0.15, 0.2) is 0 Å². The van der Waals surface area contributed by atoms with Gasteiger partial charge in [-0.1, -0.05) is 237 Å². The third-order valence-electron chi connectivity index (χ3n) is 12.2. The smallest absolute Gasteiger partial charge is 0.306 e. The Kier molecular flexibility index (Phi) is 47.6. The average Bonchev–Trinajstić information content (AvgIpc) is 3.25. The molecular formula is C55H103NO5. The van der Waals surface area contributed by atoms with E-state index in [1.807, 2.05) is 0 Å². The first-order valence-corrected chi connectivity index (χ1v) is 26.7. The van der Waals surface area contributed by atoms with Gasteiger partial charge in [0.05, 0.1) is 25.2 Å². The predicted octanol–water partition coefficient (Wildman–Crippen LogP) is 16.1. The maximum atomic E-state index is 13.2. The second-order valence-electron chi connectivity index (χ2n) is 18.3. The number of amides is 1. The molecule has 0 aliphatic heterocycles. The molecule has 6 nitrogen and oxygen atoms in total. The molecule has 0 radical (unpaired) electrons. The van der Waals surface area contributed by atoms with Gasteiger partial charge in [-0.3, -0.25) is 9.59 Å². The van der Waals surface area contributed by atoms with Gasteiger partial charge in [0.2, 0.25) is 5.91 Å². The standard InChI is InChI=1S/C55H103NO5/c1-4-7-10-13-16-19-21-23-25-26-27-28-30-32-34-36-39-42-45-48-55(60)61-51(46-43-40-37-18-15-12-9-6-3)49-54(59)56-52(50-57)53(58)47-44-41-38-35-33-31-29-24-22-20-17-14-11-8-5-2/h16,19,23,25,27-28,51-53,57-58H,4-15,17-18,20-22,24,26,29-50H2,1-3H3,(H,56,59)/b19-16-,25-23-,28-27-. The number of aliphatic hydroxyl groups excluding tert-OH is 2. The van der Waals surface area contributed by atoms with Crippen LogP contribution in [0.25, 0.3) is 0 Å². The summed E-state index contributed by atoms with van der Waals surface area (Å²) >= 11 is 0. The molecule has 3 N–H and O–H groups in total. The van der Waals surface area contributed by atoms with Gasteiger partial charge in [-0.25, -0.2) is 0 Å². The number of hydrogen-bond donors (Lipinski definition) is 3. The summed E-state index contributed by atoms with van der Waals surface area (Å²) in [5.74, 6) is -0.481. The molecule has 0 saturated carbocycles.